The molecule has 1 aliphatic rings. The molecule has 0 bridgehead atoms. The molecule has 98 valence electrons. The van der Waals surface area contributed by atoms with Crippen LogP contribution in [0.4, 0.5) is 4.39 Å². The fourth-order valence-corrected chi connectivity index (χ4v) is 2.07. The zero-order valence-electron chi connectivity index (χ0n) is 10.3. The molecule has 0 aliphatic heterocycles. The SMILES string of the molecule is O=C(CCN(CCO)C1CC1)c1ccc(F)cc1. The maximum atomic E-state index is 12.7. The molecule has 0 radical (unpaired) electrons. The molecule has 2 rings (SSSR count). The molecule has 0 saturated heterocycles. The van der Waals surface area contributed by atoms with Crippen molar-refractivity contribution in [3.05, 3.63) is 35.6 Å². The van der Waals surface area contributed by atoms with Crippen molar-refractivity contribution in [2.45, 2.75) is 25.3 Å². The Morgan fingerprint density at radius 1 is 1.28 bits per heavy atom. The molecular weight excluding hydrogens is 233 g/mol. The molecule has 1 fully saturated rings. The fraction of sp³-hybridized carbons (Fsp3) is 0.500. The number of rotatable bonds is 7. The first-order valence-electron chi connectivity index (χ1n) is 6.34. The van der Waals surface area contributed by atoms with Crippen molar-refractivity contribution < 1.29 is 14.3 Å². The molecule has 1 N–H and O–H groups in total. The first-order valence-corrected chi connectivity index (χ1v) is 6.34. The van der Waals surface area contributed by atoms with E-state index in [4.69, 9.17) is 5.11 Å². The van der Waals surface area contributed by atoms with Crippen LogP contribution in [-0.4, -0.2) is 41.5 Å². The molecular formula is C14H18FNO2. The van der Waals surface area contributed by atoms with Crippen LogP contribution in [0, 0.1) is 5.82 Å². The Morgan fingerprint density at radius 2 is 1.94 bits per heavy atom. The maximum absolute atomic E-state index is 12.7. The topological polar surface area (TPSA) is 40.5 Å². The third-order valence-corrected chi connectivity index (χ3v) is 3.24. The van der Waals surface area contributed by atoms with E-state index < -0.39 is 0 Å². The van der Waals surface area contributed by atoms with Gasteiger partial charge < -0.3 is 5.11 Å². The summed E-state index contributed by atoms with van der Waals surface area (Å²) in [6, 6.07) is 6.19. The van der Waals surface area contributed by atoms with Gasteiger partial charge in [0.15, 0.2) is 5.78 Å². The van der Waals surface area contributed by atoms with Gasteiger partial charge in [0, 0.05) is 31.1 Å². The van der Waals surface area contributed by atoms with Gasteiger partial charge in [0.05, 0.1) is 6.61 Å². The summed E-state index contributed by atoms with van der Waals surface area (Å²) in [5.41, 5.74) is 0.552. The lowest BCUT2D eigenvalue weighted by atomic mass is 10.1. The van der Waals surface area contributed by atoms with Gasteiger partial charge >= 0.3 is 0 Å². The van der Waals surface area contributed by atoms with E-state index in [2.05, 4.69) is 4.90 Å². The van der Waals surface area contributed by atoms with Crippen LogP contribution in [0.2, 0.25) is 0 Å². The molecule has 18 heavy (non-hydrogen) atoms. The van der Waals surface area contributed by atoms with E-state index in [0.717, 1.165) is 12.8 Å². The fourth-order valence-electron chi connectivity index (χ4n) is 2.07. The summed E-state index contributed by atoms with van der Waals surface area (Å²) in [6.07, 6.45) is 2.73. The number of benzene rings is 1. The second-order valence-electron chi connectivity index (χ2n) is 4.67. The average molecular weight is 251 g/mol. The molecule has 1 saturated carbocycles. The lowest BCUT2D eigenvalue weighted by Crippen LogP contribution is -2.31. The largest absolute Gasteiger partial charge is 0.395 e. The Kier molecular flexibility index (Phi) is 4.44. The van der Waals surface area contributed by atoms with Gasteiger partial charge in [-0.3, -0.25) is 9.69 Å². The van der Waals surface area contributed by atoms with Crippen molar-refractivity contribution in [2.75, 3.05) is 19.7 Å². The van der Waals surface area contributed by atoms with Crippen molar-refractivity contribution in [2.24, 2.45) is 0 Å². The molecule has 0 amide bonds. The Morgan fingerprint density at radius 3 is 2.50 bits per heavy atom. The normalized spacial score (nSPS) is 15.1. The van der Waals surface area contributed by atoms with E-state index in [9.17, 15) is 9.18 Å². The first kappa shape index (κ1) is 13.2. The van der Waals surface area contributed by atoms with Crippen molar-refractivity contribution in [1.29, 1.82) is 0 Å². The number of hydrogen-bond acceptors (Lipinski definition) is 3. The van der Waals surface area contributed by atoms with Gasteiger partial charge in [-0.15, -0.1) is 0 Å². The van der Waals surface area contributed by atoms with Crippen LogP contribution >= 0.6 is 0 Å². The van der Waals surface area contributed by atoms with Crippen LogP contribution in [0.3, 0.4) is 0 Å². The first-order chi connectivity index (χ1) is 8.70. The molecule has 1 aromatic carbocycles. The Hall–Kier alpha value is -1.26. The standard InChI is InChI=1S/C14H18FNO2/c15-12-3-1-11(2-4-12)14(18)7-8-16(9-10-17)13-5-6-13/h1-4,13,17H,5-10H2. The van der Waals surface area contributed by atoms with Crippen molar-refractivity contribution >= 4 is 5.78 Å². The van der Waals surface area contributed by atoms with E-state index in [1.807, 2.05) is 0 Å². The lowest BCUT2D eigenvalue weighted by molar-refractivity contribution is 0.0954. The number of carbonyl (C=O) groups is 1. The molecule has 1 aromatic rings. The van der Waals surface area contributed by atoms with E-state index >= 15 is 0 Å². The quantitative estimate of drug-likeness (QED) is 0.752. The molecule has 0 aromatic heterocycles. The van der Waals surface area contributed by atoms with Gasteiger partial charge in [-0.25, -0.2) is 4.39 Å². The predicted molar refractivity (Wildman–Crippen MR) is 67.0 cm³/mol. The van der Waals surface area contributed by atoms with E-state index in [1.165, 1.54) is 24.3 Å². The lowest BCUT2D eigenvalue weighted by Gasteiger charge is -2.20. The summed E-state index contributed by atoms with van der Waals surface area (Å²) in [4.78, 5) is 14.1. The zero-order valence-corrected chi connectivity index (χ0v) is 10.3. The summed E-state index contributed by atoms with van der Waals surface area (Å²) < 4.78 is 12.7. The van der Waals surface area contributed by atoms with Gasteiger partial charge in [-0.1, -0.05) is 0 Å². The van der Waals surface area contributed by atoms with Crippen LogP contribution in [0.5, 0.6) is 0 Å². The highest BCUT2D eigenvalue weighted by Crippen LogP contribution is 2.26. The number of carbonyl (C=O) groups excluding carboxylic acids is 1. The molecule has 3 nitrogen and oxygen atoms in total. The smallest absolute Gasteiger partial charge is 0.164 e. The Bertz CT molecular complexity index is 401. The third kappa shape index (κ3) is 3.62. The van der Waals surface area contributed by atoms with Gasteiger partial charge in [0.1, 0.15) is 5.82 Å². The monoisotopic (exact) mass is 251 g/mol. The molecule has 4 heteroatoms. The second-order valence-corrected chi connectivity index (χ2v) is 4.67. The number of aliphatic hydroxyl groups is 1. The molecule has 0 spiro atoms. The van der Waals surface area contributed by atoms with Crippen molar-refractivity contribution in [3.8, 4) is 0 Å². The summed E-state index contributed by atoms with van der Waals surface area (Å²) >= 11 is 0. The minimum absolute atomic E-state index is 0.0265. The molecule has 0 unspecified atom stereocenters. The number of aliphatic hydroxyl groups excluding tert-OH is 1. The van der Waals surface area contributed by atoms with Crippen LogP contribution in [0.25, 0.3) is 0 Å². The van der Waals surface area contributed by atoms with E-state index in [1.54, 1.807) is 0 Å². The van der Waals surface area contributed by atoms with Crippen LogP contribution in [0.15, 0.2) is 24.3 Å². The van der Waals surface area contributed by atoms with Crippen molar-refractivity contribution in [1.82, 2.24) is 4.90 Å². The number of ketones is 1. The van der Waals surface area contributed by atoms with Gasteiger partial charge in [0.25, 0.3) is 0 Å². The maximum Gasteiger partial charge on any atom is 0.164 e. The Labute approximate surface area is 106 Å². The molecule has 0 heterocycles. The minimum Gasteiger partial charge on any atom is -0.395 e. The predicted octanol–water partition coefficient (Wildman–Crippen LogP) is 1.86. The summed E-state index contributed by atoms with van der Waals surface area (Å²) in [6.45, 7) is 1.42. The number of Topliss-reactive ketones (excluding diaryl/α,β-unsaturated/α-hetero) is 1. The average Bonchev–Trinajstić information content (AvgIpc) is 3.19. The summed E-state index contributed by atoms with van der Waals surface area (Å²) in [7, 11) is 0. The highest BCUT2D eigenvalue weighted by atomic mass is 19.1. The number of nitrogens with zero attached hydrogens (tertiary/aromatic N) is 1. The van der Waals surface area contributed by atoms with Gasteiger partial charge in [-0.2, -0.15) is 0 Å². The van der Waals surface area contributed by atoms with Gasteiger partial charge in [0.2, 0.25) is 0 Å². The third-order valence-electron chi connectivity index (χ3n) is 3.24. The number of halogens is 1. The second kappa shape index (κ2) is 6.07. The number of hydrogen-bond donors (Lipinski definition) is 1. The minimum atomic E-state index is -0.327. The van der Waals surface area contributed by atoms with Crippen LogP contribution < -0.4 is 0 Å². The van der Waals surface area contributed by atoms with E-state index in [0.29, 0.717) is 31.1 Å². The zero-order chi connectivity index (χ0) is 13.0. The summed E-state index contributed by atoms with van der Waals surface area (Å²) in [5, 5.41) is 8.96. The van der Waals surface area contributed by atoms with Crippen molar-refractivity contribution in [3.63, 3.8) is 0 Å². The molecule has 1 aliphatic carbocycles. The highest BCUT2D eigenvalue weighted by Gasteiger charge is 2.28. The Balaban J connectivity index is 1.85. The molecule has 0 atom stereocenters. The highest BCUT2D eigenvalue weighted by molar-refractivity contribution is 5.96. The van der Waals surface area contributed by atoms with Crippen LogP contribution in [0.1, 0.15) is 29.6 Å². The van der Waals surface area contributed by atoms with E-state index in [-0.39, 0.29) is 18.2 Å². The summed E-state index contributed by atoms with van der Waals surface area (Å²) in [5.74, 6) is -0.301. The van der Waals surface area contributed by atoms with Gasteiger partial charge in [-0.05, 0) is 37.1 Å². The van der Waals surface area contributed by atoms with Crippen LogP contribution in [-0.2, 0) is 0 Å².